The highest BCUT2D eigenvalue weighted by atomic mass is 16.6. The fourth-order valence-electron chi connectivity index (χ4n) is 1.37. The second kappa shape index (κ2) is 7.25. The number of carbonyl (C=O) groups is 2. The van der Waals surface area contributed by atoms with Gasteiger partial charge in [0.25, 0.3) is 5.91 Å². The van der Waals surface area contributed by atoms with Crippen LogP contribution in [0.5, 0.6) is 5.75 Å². The normalized spacial score (nSPS) is 9.95. The van der Waals surface area contributed by atoms with Crippen molar-refractivity contribution in [2.45, 2.75) is 19.8 Å². The first kappa shape index (κ1) is 14.8. The molecule has 0 saturated carbocycles. The van der Waals surface area contributed by atoms with Crippen molar-refractivity contribution in [3.63, 3.8) is 0 Å². The van der Waals surface area contributed by atoms with Gasteiger partial charge in [0.05, 0.1) is 12.2 Å². The maximum atomic E-state index is 11.4. The molecule has 1 amide bonds. The molecule has 6 heteroatoms. The van der Waals surface area contributed by atoms with Crippen LogP contribution < -0.4 is 16.2 Å². The Bertz CT molecular complexity index is 460. The number of primary amides is 1. The molecule has 0 bridgehead atoms. The zero-order valence-electron chi connectivity index (χ0n) is 10.8. The summed E-state index contributed by atoms with van der Waals surface area (Å²) in [5.74, 6) is -0.958. The molecule has 19 heavy (non-hydrogen) atoms. The molecule has 0 atom stereocenters. The molecule has 0 unspecified atom stereocenters. The molecule has 0 heterocycles. The molecule has 0 aliphatic heterocycles. The van der Waals surface area contributed by atoms with E-state index in [1.165, 1.54) is 18.2 Å². The lowest BCUT2D eigenvalue weighted by Gasteiger charge is -2.10. The van der Waals surface area contributed by atoms with Gasteiger partial charge < -0.3 is 20.9 Å². The van der Waals surface area contributed by atoms with E-state index in [4.69, 9.17) is 20.9 Å². The van der Waals surface area contributed by atoms with Crippen LogP contribution in [0.4, 0.5) is 5.69 Å². The van der Waals surface area contributed by atoms with Gasteiger partial charge in [-0.25, -0.2) is 4.79 Å². The van der Waals surface area contributed by atoms with Crippen molar-refractivity contribution in [1.82, 2.24) is 0 Å². The van der Waals surface area contributed by atoms with E-state index in [-0.39, 0.29) is 17.9 Å². The van der Waals surface area contributed by atoms with Crippen molar-refractivity contribution in [3.05, 3.63) is 23.8 Å². The first-order valence-corrected chi connectivity index (χ1v) is 6.02. The van der Waals surface area contributed by atoms with E-state index in [1.54, 1.807) is 0 Å². The molecule has 1 rings (SSSR count). The van der Waals surface area contributed by atoms with E-state index >= 15 is 0 Å². The minimum absolute atomic E-state index is 0.176. The molecule has 0 fully saturated rings. The Morgan fingerprint density at radius 3 is 2.68 bits per heavy atom. The van der Waals surface area contributed by atoms with Gasteiger partial charge in [-0.05, 0) is 18.6 Å². The van der Waals surface area contributed by atoms with Gasteiger partial charge in [-0.1, -0.05) is 13.3 Å². The number of ether oxygens (including phenoxy) is 2. The summed E-state index contributed by atoms with van der Waals surface area (Å²) in [7, 11) is 0. The van der Waals surface area contributed by atoms with Crippen LogP contribution in [-0.4, -0.2) is 25.1 Å². The maximum absolute atomic E-state index is 11.4. The Hall–Kier alpha value is -2.24. The molecule has 0 spiro atoms. The van der Waals surface area contributed by atoms with Crippen LogP contribution in [-0.2, 0) is 9.53 Å². The second-order valence-corrected chi connectivity index (χ2v) is 3.98. The summed E-state index contributed by atoms with van der Waals surface area (Å²) in [6.45, 7) is 2.07. The third kappa shape index (κ3) is 4.87. The van der Waals surface area contributed by atoms with E-state index in [2.05, 4.69) is 0 Å². The molecule has 1 aromatic rings. The van der Waals surface area contributed by atoms with Gasteiger partial charge in [-0.2, -0.15) is 0 Å². The minimum atomic E-state index is -0.644. The van der Waals surface area contributed by atoms with E-state index in [1.807, 2.05) is 6.92 Å². The zero-order valence-corrected chi connectivity index (χ0v) is 10.8. The van der Waals surface area contributed by atoms with Crippen molar-refractivity contribution in [2.24, 2.45) is 5.73 Å². The highest BCUT2D eigenvalue weighted by Crippen LogP contribution is 2.21. The van der Waals surface area contributed by atoms with Crippen LogP contribution in [0.2, 0.25) is 0 Å². The van der Waals surface area contributed by atoms with E-state index in [0.717, 1.165) is 12.8 Å². The standard InChI is InChI=1S/C13H18N2O4/c1-2-3-6-18-12(16)8-19-11-7-9(14)4-5-10(11)13(15)17/h4-5,7H,2-3,6,8,14H2,1H3,(H2,15,17). The Morgan fingerprint density at radius 2 is 2.05 bits per heavy atom. The molecule has 6 nitrogen and oxygen atoms in total. The average Bonchev–Trinajstić information content (AvgIpc) is 2.36. The third-order valence-electron chi connectivity index (χ3n) is 2.38. The van der Waals surface area contributed by atoms with E-state index in [9.17, 15) is 9.59 Å². The molecule has 104 valence electrons. The largest absolute Gasteiger partial charge is 0.481 e. The number of anilines is 1. The average molecular weight is 266 g/mol. The van der Waals surface area contributed by atoms with Crippen molar-refractivity contribution in [1.29, 1.82) is 0 Å². The molecule has 0 aliphatic carbocycles. The van der Waals surface area contributed by atoms with E-state index in [0.29, 0.717) is 12.3 Å². The van der Waals surface area contributed by atoms with Crippen LogP contribution in [0.15, 0.2) is 18.2 Å². The van der Waals surface area contributed by atoms with Gasteiger partial charge >= 0.3 is 5.97 Å². The molecule has 0 radical (unpaired) electrons. The lowest BCUT2D eigenvalue weighted by Crippen LogP contribution is -2.18. The topological polar surface area (TPSA) is 105 Å². The summed E-state index contributed by atoms with van der Waals surface area (Å²) < 4.78 is 10.1. The number of nitrogen functional groups attached to an aromatic ring is 1. The summed E-state index contributed by atoms with van der Waals surface area (Å²) in [6.07, 6.45) is 1.74. The number of esters is 1. The molecular formula is C13H18N2O4. The molecule has 0 saturated heterocycles. The monoisotopic (exact) mass is 266 g/mol. The van der Waals surface area contributed by atoms with Crippen LogP contribution in [0, 0.1) is 0 Å². The first-order valence-electron chi connectivity index (χ1n) is 6.02. The van der Waals surface area contributed by atoms with Crippen LogP contribution >= 0.6 is 0 Å². The summed E-state index contributed by atoms with van der Waals surface area (Å²) in [5, 5.41) is 0. The summed E-state index contributed by atoms with van der Waals surface area (Å²) in [6, 6.07) is 4.43. The molecular weight excluding hydrogens is 248 g/mol. The second-order valence-electron chi connectivity index (χ2n) is 3.98. The highest BCUT2D eigenvalue weighted by Gasteiger charge is 2.12. The summed E-state index contributed by atoms with van der Waals surface area (Å²) >= 11 is 0. The smallest absolute Gasteiger partial charge is 0.344 e. The van der Waals surface area contributed by atoms with Gasteiger partial charge in [-0.3, -0.25) is 4.79 Å². The Morgan fingerprint density at radius 1 is 1.32 bits per heavy atom. The van der Waals surface area contributed by atoms with Crippen molar-refractivity contribution >= 4 is 17.6 Å². The SMILES string of the molecule is CCCCOC(=O)COc1cc(N)ccc1C(N)=O. The highest BCUT2D eigenvalue weighted by molar-refractivity contribution is 5.96. The Kier molecular flexibility index (Phi) is 5.66. The van der Waals surface area contributed by atoms with Gasteiger partial charge in [0.1, 0.15) is 5.75 Å². The van der Waals surface area contributed by atoms with Crippen molar-refractivity contribution < 1.29 is 19.1 Å². The number of carbonyl (C=O) groups excluding carboxylic acids is 2. The van der Waals surface area contributed by atoms with Crippen LogP contribution in [0.25, 0.3) is 0 Å². The molecule has 1 aromatic carbocycles. The summed E-state index contributed by atoms with van der Waals surface area (Å²) in [4.78, 5) is 22.5. The molecule has 4 N–H and O–H groups in total. The number of benzene rings is 1. The van der Waals surface area contributed by atoms with E-state index < -0.39 is 11.9 Å². The number of hydrogen-bond acceptors (Lipinski definition) is 5. The quantitative estimate of drug-likeness (QED) is 0.436. The van der Waals surface area contributed by atoms with Crippen LogP contribution in [0.3, 0.4) is 0 Å². The molecule has 0 aromatic heterocycles. The van der Waals surface area contributed by atoms with Gasteiger partial charge in [0.15, 0.2) is 6.61 Å². The molecule has 0 aliphatic rings. The predicted molar refractivity (Wildman–Crippen MR) is 70.7 cm³/mol. The number of hydrogen-bond donors (Lipinski definition) is 2. The fraction of sp³-hybridized carbons (Fsp3) is 0.385. The van der Waals surface area contributed by atoms with Crippen molar-refractivity contribution in [3.8, 4) is 5.75 Å². The number of nitrogens with two attached hydrogens (primary N) is 2. The van der Waals surface area contributed by atoms with Crippen LogP contribution in [0.1, 0.15) is 30.1 Å². The zero-order chi connectivity index (χ0) is 14.3. The predicted octanol–water partition coefficient (Wildman–Crippen LogP) is 1.09. The number of amides is 1. The lowest BCUT2D eigenvalue weighted by molar-refractivity contribution is -0.146. The Balaban J connectivity index is 2.59. The third-order valence-corrected chi connectivity index (χ3v) is 2.38. The minimum Gasteiger partial charge on any atom is -0.481 e. The number of rotatable bonds is 7. The fourth-order valence-corrected chi connectivity index (χ4v) is 1.37. The van der Waals surface area contributed by atoms with Gasteiger partial charge in [0, 0.05) is 11.8 Å². The summed E-state index contributed by atoms with van der Waals surface area (Å²) in [5.41, 5.74) is 11.4. The lowest BCUT2D eigenvalue weighted by atomic mass is 10.2. The number of unbranched alkanes of at least 4 members (excludes halogenated alkanes) is 1. The van der Waals surface area contributed by atoms with Gasteiger partial charge in [0.2, 0.25) is 0 Å². The van der Waals surface area contributed by atoms with Crippen molar-refractivity contribution in [2.75, 3.05) is 18.9 Å². The Labute approximate surface area is 111 Å². The van der Waals surface area contributed by atoms with Gasteiger partial charge in [-0.15, -0.1) is 0 Å². The maximum Gasteiger partial charge on any atom is 0.344 e. The first-order chi connectivity index (χ1) is 9.04.